The highest BCUT2D eigenvalue weighted by Crippen LogP contribution is 2.29. The van der Waals surface area contributed by atoms with Gasteiger partial charge >= 0.3 is 0 Å². The first kappa shape index (κ1) is 23.5. The number of halogens is 1. The fraction of sp³-hybridized carbons (Fsp3) is 0.357. The lowest BCUT2D eigenvalue weighted by molar-refractivity contribution is -0.120. The van der Waals surface area contributed by atoms with Crippen molar-refractivity contribution in [3.05, 3.63) is 83.9 Å². The van der Waals surface area contributed by atoms with E-state index in [0.717, 1.165) is 38.4 Å². The minimum Gasteiger partial charge on any atom is -0.492 e. The summed E-state index contributed by atoms with van der Waals surface area (Å²) in [6, 6.07) is 18.2. The zero-order valence-corrected chi connectivity index (χ0v) is 19.7. The van der Waals surface area contributed by atoms with Crippen LogP contribution >= 0.6 is 0 Å². The summed E-state index contributed by atoms with van der Waals surface area (Å²) >= 11 is 0. The molecule has 7 heteroatoms. The van der Waals surface area contributed by atoms with E-state index in [-0.39, 0.29) is 18.1 Å². The van der Waals surface area contributed by atoms with Crippen molar-refractivity contribution in [2.75, 3.05) is 39.5 Å². The number of ether oxygens (including phenoxy) is 2. The molecular formula is C28H30FN3O3. The molecule has 5 rings (SSSR count). The van der Waals surface area contributed by atoms with Crippen molar-refractivity contribution >= 4 is 5.91 Å². The number of nitrogens with zero attached hydrogens (tertiary/aromatic N) is 2. The van der Waals surface area contributed by atoms with Gasteiger partial charge in [0.25, 0.3) is 0 Å². The van der Waals surface area contributed by atoms with Crippen LogP contribution in [0, 0.1) is 17.7 Å². The van der Waals surface area contributed by atoms with E-state index >= 15 is 0 Å². The average molecular weight is 476 g/mol. The quantitative estimate of drug-likeness (QED) is 0.511. The highest BCUT2D eigenvalue weighted by atomic mass is 19.1. The summed E-state index contributed by atoms with van der Waals surface area (Å²) < 4.78 is 26.1. The van der Waals surface area contributed by atoms with Gasteiger partial charge in [-0.15, -0.1) is 0 Å². The molecule has 3 heterocycles. The number of benzene rings is 2. The van der Waals surface area contributed by atoms with Crippen molar-refractivity contribution in [2.24, 2.45) is 11.8 Å². The number of fused-ring (bicyclic) bond motifs is 1. The third kappa shape index (κ3) is 6.05. The number of aromatic nitrogens is 1. The minimum atomic E-state index is -0.356. The molecule has 3 aromatic rings. The van der Waals surface area contributed by atoms with Crippen LogP contribution in [0.15, 0.2) is 66.9 Å². The molecule has 182 valence electrons. The second-order valence-corrected chi connectivity index (χ2v) is 9.28. The van der Waals surface area contributed by atoms with Crippen LogP contribution in [0.3, 0.4) is 0 Å². The SMILES string of the molecule is O=C(Cc1ccc(-c2ccc(OCCN3C[C@H]4COC[C@H]4C3)cc2F)cn1)NCc1ccccc1. The zero-order chi connectivity index (χ0) is 24.0. The second kappa shape index (κ2) is 11.0. The summed E-state index contributed by atoms with van der Waals surface area (Å²) in [5.41, 5.74) is 2.79. The van der Waals surface area contributed by atoms with Crippen LogP contribution in [-0.2, 0) is 22.5 Å². The molecule has 2 saturated heterocycles. The number of carbonyl (C=O) groups is 1. The van der Waals surface area contributed by atoms with Gasteiger partial charge in [-0.3, -0.25) is 14.7 Å². The Balaban J connectivity index is 1.10. The fourth-order valence-electron chi connectivity index (χ4n) is 4.79. The maximum atomic E-state index is 14.8. The van der Waals surface area contributed by atoms with Gasteiger partial charge in [-0.2, -0.15) is 0 Å². The molecule has 0 saturated carbocycles. The molecule has 0 radical (unpaired) electrons. The second-order valence-electron chi connectivity index (χ2n) is 9.28. The Labute approximate surface area is 205 Å². The Morgan fingerprint density at radius 2 is 1.89 bits per heavy atom. The van der Waals surface area contributed by atoms with Gasteiger partial charge in [0.1, 0.15) is 18.2 Å². The van der Waals surface area contributed by atoms with Crippen LogP contribution in [0.4, 0.5) is 4.39 Å². The number of pyridine rings is 1. The Hall–Kier alpha value is -3.29. The van der Waals surface area contributed by atoms with E-state index in [1.54, 1.807) is 30.5 Å². The number of amides is 1. The topological polar surface area (TPSA) is 63.7 Å². The van der Waals surface area contributed by atoms with E-state index in [1.165, 1.54) is 6.07 Å². The molecule has 2 aromatic carbocycles. The molecule has 2 atom stereocenters. The molecule has 2 aliphatic rings. The Morgan fingerprint density at radius 1 is 1.09 bits per heavy atom. The Kier molecular flexibility index (Phi) is 7.35. The van der Waals surface area contributed by atoms with Crippen LogP contribution < -0.4 is 10.1 Å². The predicted octanol–water partition coefficient (Wildman–Crippen LogP) is 3.70. The lowest BCUT2D eigenvalue weighted by Gasteiger charge is -2.17. The monoisotopic (exact) mass is 475 g/mol. The standard InChI is InChI=1S/C28H30FN3O3/c29-27-13-25(35-11-10-32-16-22-18-34-19-23(22)17-32)8-9-26(27)21-6-7-24(30-15-21)12-28(33)31-14-20-4-2-1-3-5-20/h1-9,13,15,22-23H,10-12,14,16-19H2,(H,31,33)/t22-,23+. The first-order valence-electron chi connectivity index (χ1n) is 12.1. The predicted molar refractivity (Wildman–Crippen MR) is 131 cm³/mol. The van der Waals surface area contributed by atoms with E-state index in [9.17, 15) is 9.18 Å². The maximum absolute atomic E-state index is 14.8. The first-order chi connectivity index (χ1) is 17.1. The molecule has 35 heavy (non-hydrogen) atoms. The van der Waals surface area contributed by atoms with Gasteiger partial charge in [-0.1, -0.05) is 36.4 Å². The third-order valence-electron chi connectivity index (χ3n) is 6.74. The van der Waals surface area contributed by atoms with E-state index < -0.39 is 0 Å². The van der Waals surface area contributed by atoms with Crippen molar-refractivity contribution in [1.29, 1.82) is 0 Å². The van der Waals surface area contributed by atoms with Crippen LogP contribution in [-0.4, -0.2) is 55.2 Å². The average Bonchev–Trinajstić information content (AvgIpc) is 3.46. The summed E-state index contributed by atoms with van der Waals surface area (Å²) in [5.74, 6) is 1.36. The number of carbonyl (C=O) groups excluding carboxylic acids is 1. The Bertz CT molecular complexity index is 1130. The van der Waals surface area contributed by atoms with Gasteiger partial charge in [0.2, 0.25) is 5.91 Å². The fourth-order valence-corrected chi connectivity index (χ4v) is 4.79. The molecule has 6 nitrogen and oxygen atoms in total. The number of hydrogen-bond acceptors (Lipinski definition) is 5. The molecule has 0 spiro atoms. The van der Waals surface area contributed by atoms with Crippen molar-refractivity contribution in [3.8, 4) is 16.9 Å². The minimum absolute atomic E-state index is 0.104. The molecule has 0 unspecified atom stereocenters. The largest absolute Gasteiger partial charge is 0.492 e. The van der Waals surface area contributed by atoms with Gasteiger partial charge < -0.3 is 14.8 Å². The number of likely N-dealkylation sites (tertiary alicyclic amines) is 1. The van der Waals surface area contributed by atoms with Crippen molar-refractivity contribution < 1.29 is 18.7 Å². The van der Waals surface area contributed by atoms with Gasteiger partial charge in [0.15, 0.2) is 0 Å². The van der Waals surface area contributed by atoms with Crippen LogP contribution in [0.2, 0.25) is 0 Å². The molecule has 2 aliphatic heterocycles. The number of rotatable bonds is 9. The molecule has 2 fully saturated rings. The first-order valence-corrected chi connectivity index (χ1v) is 12.1. The molecule has 1 N–H and O–H groups in total. The van der Waals surface area contributed by atoms with Crippen LogP contribution in [0.25, 0.3) is 11.1 Å². The summed E-state index contributed by atoms with van der Waals surface area (Å²) in [6.07, 6.45) is 1.78. The molecule has 1 amide bonds. The lowest BCUT2D eigenvalue weighted by atomic mass is 10.0. The van der Waals surface area contributed by atoms with Gasteiger partial charge in [0.05, 0.1) is 19.6 Å². The van der Waals surface area contributed by atoms with Gasteiger partial charge in [-0.25, -0.2) is 4.39 Å². The molecule has 0 aliphatic carbocycles. The molecule has 1 aromatic heterocycles. The summed E-state index contributed by atoms with van der Waals surface area (Å²) in [7, 11) is 0. The highest BCUT2D eigenvalue weighted by Gasteiger charge is 2.36. The van der Waals surface area contributed by atoms with Crippen molar-refractivity contribution in [1.82, 2.24) is 15.2 Å². The van der Waals surface area contributed by atoms with Gasteiger partial charge in [-0.05, 0) is 23.8 Å². The van der Waals surface area contributed by atoms with E-state index in [4.69, 9.17) is 9.47 Å². The molecule has 0 bridgehead atoms. The third-order valence-corrected chi connectivity index (χ3v) is 6.74. The van der Waals surface area contributed by atoms with E-state index in [2.05, 4.69) is 15.2 Å². The summed E-state index contributed by atoms with van der Waals surface area (Å²) in [4.78, 5) is 19.0. The lowest BCUT2D eigenvalue weighted by Crippen LogP contribution is -2.27. The van der Waals surface area contributed by atoms with Crippen LogP contribution in [0.5, 0.6) is 5.75 Å². The maximum Gasteiger partial charge on any atom is 0.226 e. The highest BCUT2D eigenvalue weighted by molar-refractivity contribution is 5.78. The van der Waals surface area contributed by atoms with Crippen molar-refractivity contribution in [3.63, 3.8) is 0 Å². The number of hydrogen-bond donors (Lipinski definition) is 1. The van der Waals surface area contributed by atoms with E-state index in [0.29, 0.717) is 47.6 Å². The van der Waals surface area contributed by atoms with Gasteiger partial charge in [0, 0.05) is 67.1 Å². The summed E-state index contributed by atoms with van der Waals surface area (Å²) in [5, 5.41) is 2.89. The summed E-state index contributed by atoms with van der Waals surface area (Å²) in [6.45, 7) is 5.68. The Morgan fingerprint density at radius 3 is 2.60 bits per heavy atom. The normalized spacial score (nSPS) is 19.5. The van der Waals surface area contributed by atoms with Crippen molar-refractivity contribution in [2.45, 2.75) is 13.0 Å². The smallest absolute Gasteiger partial charge is 0.226 e. The van der Waals surface area contributed by atoms with E-state index in [1.807, 2.05) is 30.3 Å². The zero-order valence-electron chi connectivity index (χ0n) is 19.7. The van der Waals surface area contributed by atoms with Crippen LogP contribution in [0.1, 0.15) is 11.3 Å². The number of nitrogens with one attached hydrogen (secondary N) is 1. The molecular weight excluding hydrogens is 445 g/mol.